The minimum atomic E-state index is -0.327. The van der Waals surface area contributed by atoms with Crippen molar-refractivity contribution in [1.29, 1.82) is 0 Å². The van der Waals surface area contributed by atoms with E-state index < -0.39 is 0 Å². The number of amides is 1. The number of pyridine rings is 1. The largest absolute Gasteiger partial charge is 0.317 e. The van der Waals surface area contributed by atoms with Crippen molar-refractivity contribution in [3.05, 3.63) is 51.9 Å². The summed E-state index contributed by atoms with van der Waals surface area (Å²) in [4.78, 5) is 36.9. The third kappa shape index (κ3) is 3.01. The van der Waals surface area contributed by atoms with Gasteiger partial charge in [-0.1, -0.05) is 11.6 Å². The number of β-lactam (4-membered cyclic amide) rings is 1. The number of piperidine rings is 1. The van der Waals surface area contributed by atoms with E-state index in [0.717, 1.165) is 37.3 Å². The molecular weight excluding hydrogens is 354 g/mol. The lowest BCUT2D eigenvalue weighted by Crippen LogP contribution is -2.67. The topological polar surface area (TPSA) is 71.3 Å². The van der Waals surface area contributed by atoms with Crippen LogP contribution >= 0.6 is 11.6 Å². The summed E-state index contributed by atoms with van der Waals surface area (Å²) in [6.45, 7) is 3.02. The lowest BCUT2D eigenvalue weighted by molar-refractivity contribution is -0.139. The molecule has 2 aliphatic heterocycles. The molecule has 26 heavy (non-hydrogen) atoms. The molecule has 0 radical (unpaired) electrons. The molecule has 0 N–H and O–H groups in total. The molecule has 2 aromatic rings. The highest BCUT2D eigenvalue weighted by molar-refractivity contribution is 6.29. The van der Waals surface area contributed by atoms with Gasteiger partial charge in [0, 0.05) is 38.9 Å². The van der Waals surface area contributed by atoms with Gasteiger partial charge in [-0.25, -0.2) is 4.98 Å². The summed E-state index contributed by atoms with van der Waals surface area (Å²) in [5.74, 6) is 0.142. The fourth-order valence-electron chi connectivity index (χ4n) is 3.90. The van der Waals surface area contributed by atoms with E-state index in [2.05, 4.69) is 14.9 Å². The van der Waals surface area contributed by atoms with Gasteiger partial charge in [-0.3, -0.25) is 19.5 Å². The minimum Gasteiger partial charge on any atom is -0.317 e. The molecule has 1 amide bonds. The standard InChI is InChI=1S/C18H20ClN5O2/c1-22-10-14(3-4-16(22)25)24-12-18(17(24)26)5-2-6-23(11-18)9-13-7-21-15(19)8-20-13/h3-4,7-8,10H,2,5-6,9,11-12H2,1H3/t18-/m1/s1. The Morgan fingerprint density at radius 3 is 2.73 bits per heavy atom. The number of halogens is 1. The number of hydrogen-bond donors (Lipinski definition) is 0. The van der Waals surface area contributed by atoms with E-state index in [-0.39, 0.29) is 16.9 Å². The second-order valence-electron chi connectivity index (χ2n) is 7.15. The van der Waals surface area contributed by atoms with E-state index in [4.69, 9.17) is 11.6 Å². The molecule has 8 heteroatoms. The van der Waals surface area contributed by atoms with Crippen LogP contribution in [-0.4, -0.2) is 45.0 Å². The SMILES string of the molecule is Cn1cc(N2C[C@]3(CCCN(Cc4cnc(Cl)cn4)C3)C2=O)ccc1=O. The normalized spacial score (nSPS) is 23.3. The summed E-state index contributed by atoms with van der Waals surface area (Å²) in [6.07, 6.45) is 6.83. The summed E-state index contributed by atoms with van der Waals surface area (Å²) >= 11 is 5.79. The Balaban J connectivity index is 1.46. The van der Waals surface area contributed by atoms with Gasteiger partial charge >= 0.3 is 0 Å². The van der Waals surface area contributed by atoms with Crippen LogP contribution in [0.3, 0.4) is 0 Å². The zero-order valence-corrected chi connectivity index (χ0v) is 15.3. The molecule has 0 unspecified atom stereocenters. The molecular formula is C18H20ClN5O2. The average molecular weight is 374 g/mol. The summed E-state index contributed by atoms with van der Waals surface area (Å²) in [6, 6.07) is 3.22. The summed E-state index contributed by atoms with van der Waals surface area (Å²) in [5.41, 5.74) is 1.23. The van der Waals surface area contributed by atoms with Gasteiger partial charge in [0.15, 0.2) is 0 Å². The summed E-state index contributed by atoms with van der Waals surface area (Å²) < 4.78 is 1.50. The molecule has 7 nitrogen and oxygen atoms in total. The lowest BCUT2D eigenvalue weighted by Gasteiger charge is -2.53. The lowest BCUT2D eigenvalue weighted by atomic mass is 9.72. The number of carbonyl (C=O) groups excluding carboxylic acids is 1. The van der Waals surface area contributed by atoms with Gasteiger partial charge in [0.2, 0.25) is 11.5 Å². The van der Waals surface area contributed by atoms with Crippen molar-refractivity contribution < 1.29 is 4.79 Å². The Morgan fingerprint density at radius 2 is 2.04 bits per heavy atom. The van der Waals surface area contributed by atoms with E-state index >= 15 is 0 Å². The molecule has 2 saturated heterocycles. The van der Waals surface area contributed by atoms with E-state index in [9.17, 15) is 9.59 Å². The minimum absolute atomic E-state index is 0.0793. The first kappa shape index (κ1) is 17.2. The highest BCUT2D eigenvalue weighted by Gasteiger charge is 2.54. The molecule has 0 bridgehead atoms. The van der Waals surface area contributed by atoms with Crippen LogP contribution in [0.1, 0.15) is 18.5 Å². The van der Waals surface area contributed by atoms with Crippen molar-refractivity contribution in [3.63, 3.8) is 0 Å². The van der Waals surface area contributed by atoms with E-state index in [1.165, 1.54) is 10.6 Å². The molecule has 2 aromatic heterocycles. The number of aromatic nitrogens is 3. The third-order valence-electron chi connectivity index (χ3n) is 5.26. The zero-order valence-electron chi connectivity index (χ0n) is 14.6. The molecule has 2 fully saturated rings. The van der Waals surface area contributed by atoms with Gasteiger partial charge in [0.1, 0.15) is 5.15 Å². The maximum absolute atomic E-state index is 12.9. The second kappa shape index (κ2) is 6.48. The molecule has 0 saturated carbocycles. The highest BCUT2D eigenvalue weighted by atomic mass is 35.5. The monoisotopic (exact) mass is 373 g/mol. The second-order valence-corrected chi connectivity index (χ2v) is 7.54. The van der Waals surface area contributed by atoms with Crippen LogP contribution in [0.15, 0.2) is 35.5 Å². The fraction of sp³-hybridized carbons (Fsp3) is 0.444. The van der Waals surface area contributed by atoms with Crippen molar-refractivity contribution in [1.82, 2.24) is 19.4 Å². The quantitative estimate of drug-likeness (QED) is 0.762. The van der Waals surface area contributed by atoms with Crippen molar-refractivity contribution in [2.24, 2.45) is 12.5 Å². The van der Waals surface area contributed by atoms with Crippen LogP contribution in [-0.2, 0) is 18.4 Å². The Labute approximate surface area is 156 Å². The Morgan fingerprint density at radius 1 is 1.19 bits per heavy atom. The number of carbonyl (C=O) groups is 1. The van der Waals surface area contributed by atoms with Gasteiger partial charge in [-0.15, -0.1) is 0 Å². The van der Waals surface area contributed by atoms with Crippen LogP contribution in [0.5, 0.6) is 0 Å². The smallest absolute Gasteiger partial charge is 0.250 e. The molecule has 4 heterocycles. The maximum Gasteiger partial charge on any atom is 0.250 e. The van der Waals surface area contributed by atoms with E-state index in [0.29, 0.717) is 18.2 Å². The molecule has 0 aromatic carbocycles. The Hall–Kier alpha value is -2.25. The van der Waals surface area contributed by atoms with Crippen LogP contribution in [0.2, 0.25) is 5.15 Å². The van der Waals surface area contributed by atoms with Crippen LogP contribution in [0, 0.1) is 5.41 Å². The first-order valence-corrected chi connectivity index (χ1v) is 9.02. The molecule has 4 rings (SSSR count). The number of hydrogen-bond acceptors (Lipinski definition) is 5. The van der Waals surface area contributed by atoms with Crippen LogP contribution < -0.4 is 10.5 Å². The van der Waals surface area contributed by atoms with Gasteiger partial charge in [-0.2, -0.15) is 0 Å². The molecule has 2 aliphatic rings. The Kier molecular flexibility index (Phi) is 4.28. The van der Waals surface area contributed by atoms with Crippen molar-refractivity contribution in [2.45, 2.75) is 19.4 Å². The number of rotatable bonds is 3. The zero-order chi connectivity index (χ0) is 18.3. The van der Waals surface area contributed by atoms with Crippen molar-refractivity contribution in [2.75, 3.05) is 24.5 Å². The molecule has 136 valence electrons. The number of likely N-dealkylation sites (tertiary alicyclic amines) is 1. The number of anilines is 1. The predicted octanol–water partition coefficient (Wildman–Crippen LogP) is 1.46. The fourth-order valence-corrected chi connectivity index (χ4v) is 4.00. The van der Waals surface area contributed by atoms with Gasteiger partial charge in [0.25, 0.3) is 0 Å². The van der Waals surface area contributed by atoms with Crippen LogP contribution in [0.4, 0.5) is 5.69 Å². The van der Waals surface area contributed by atoms with E-state index in [1.807, 2.05) is 0 Å². The molecule has 1 spiro atoms. The van der Waals surface area contributed by atoms with Gasteiger partial charge in [0.05, 0.1) is 29.2 Å². The maximum atomic E-state index is 12.9. The Bertz CT molecular complexity index is 897. The van der Waals surface area contributed by atoms with Crippen molar-refractivity contribution in [3.8, 4) is 0 Å². The summed E-state index contributed by atoms with van der Waals surface area (Å²) in [5, 5.41) is 0.380. The third-order valence-corrected chi connectivity index (χ3v) is 5.45. The first-order chi connectivity index (χ1) is 12.5. The number of nitrogens with zero attached hydrogens (tertiary/aromatic N) is 5. The highest BCUT2D eigenvalue weighted by Crippen LogP contribution is 2.42. The van der Waals surface area contributed by atoms with E-state index in [1.54, 1.807) is 36.6 Å². The molecule has 0 aliphatic carbocycles. The van der Waals surface area contributed by atoms with Crippen LogP contribution in [0.25, 0.3) is 0 Å². The summed E-state index contributed by atoms with van der Waals surface area (Å²) in [7, 11) is 1.70. The first-order valence-electron chi connectivity index (χ1n) is 8.64. The van der Waals surface area contributed by atoms with Gasteiger partial charge < -0.3 is 9.47 Å². The predicted molar refractivity (Wildman–Crippen MR) is 98.0 cm³/mol. The number of aryl methyl sites for hydroxylation is 1. The van der Waals surface area contributed by atoms with Crippen molar-refractivity contribution >= 4 is 23.2 Å². The van der Waals surface area contributed by atoms with Gasteiger partial charge in [-0.05, 0) is 25.5 Å². The molecule has 1 atom stereocenters. The average Bonchev–Trinajstić information content (AvgIpc) is 2.64.